The molecule has 4 aromatic rings. The number of aliphatic hydroxyl groups is 1. The van der Waals surface area contributed by atoms with E-state index in [0.29, 0.717) is 6.54 Å². The molecule has 5 fully saturated rings. The van der Waals surface area contributed by atoms with Crippen LogP contribution >= 0.6 is 0 Å². The van der Waals surface area contributed by atoms with Crippen LogP contribution in [0.5, 0.6) is 0 Å². The summed E-state index contributed by atoms with van der Waals surface area (Å²) in [5, 5.41) is 16.3. The molecule has 2 amide bonds. The Hall–Kier alpha value is -4.08. The van der Waals surface area contributed by atoms with E-state index in [-0.39, 0.29) is 36.3 Å². The van der Waals surface area contributed by atoms with E-state index < -0.39 is 6.29 Å². The first-order valence-electron chi connectivity index (χ1n) is 19.7. The van der Waals surface area contributed by atoms with Crippen LogP contribution in [0.1, 0.15) is 85.8 Å². The second kappa shape index (κ2) is 15.7. The van der Waals surface area contributed by atoms with Gasteiger partial charge in [0.2, 0.25) is 0 Å². The largest absolute Gasteiger partial charge is 0.392 e. The number of pyridine rings is 1. The van der Waals surface area contributed by atoms with Gasteiger partial charge in [-0.05, 0) is 103 Å². The number of hydrogen-bond donors (Lipinski definition) is 3. The molecule has 3 N–H and O–H groups in total. The second-order valence-corrected chi connectivity index (χ2v) is 16.4. The lowest BCUT2D eigenvalue weighted by Gasteiger charge is -2.56. The summed E-state index contributed by atoms with van der Waals surface area (Å²) in [4.78, 5) is 20.1. The molecule has 4 aliphatic carbocycles. The van der Waals surface area contributed by atoms with Crippen LogP contribution in [0.4, 0.5) is 4.79 Å². The summed E-state index contributed by atoms with van der Waals surface area (Å²) in [6.07, 6.45) is 9.44. The number of ether oxygens (including phenoxy) is 2. The third kappa shape index (κ3) is 8.21. The molecule has 0 unspecified atom stereocenters. The molecule has 53 heavy (non-hydrogen) atoms. The average molecular weight is 715 g/mol. The minimum atomic E-state index is -0.540. The van der Waals surface area contributed by atoms with Gasteiger partial charge < -0.3 is 30.1 Å². The van der Waals surface area contributed by atoms with Crippen LogP contribution in [0.3, 0.4) is 0 Å². The SMILES string of the molecule is C[C@@H]1[C@H](CN(C)CCc2ccccn2)O[C@H](c2ccc(-c3ccccc3CNC(=O)NC34CC5CC(CC(C5)C3)C4)cc2)O[C@@H]1c1ccc(CO)cc1. The van der Waals surface area contributed by atoms with E-state index in [4.69, 9.17) is 9.47 Å². The van der Waals surface area contributed by atoms with Gasteiger partial charge in [0.1, 0.15) is 0 Å². The summed E-state index contributed by atoms with van der Waals surface area (Å²) in [6, 6.07) is 30.9. The highest BCUT2D eigenvalue weighted by molar-refractivity contribution is 5.76. The van der Waals surface area contributed by atoms with Gasteiger partial charge in [-0.15, -0.1) is 0 Å². The van der Waals surface area contributed by atoms with Crippen molar-refractivity contribution in [2.45, 2.75) is 89.1 Å². The van der Waals surface area contributed by atoms with Crippen molar-refractivity contribution in [2.75, 3.05) is 20.1 Å². The van der Waals surface area contributed by atoms with E-state index in [9.17, 15) is 9.90 Å². The zero-order valence-corrected chi connectivity index (χ0v) is 31.1. The molecule has 5 aliphatic rings. The molecule has 9 rings (SSSR count). The number of hydrogen-bond acceptors (Lipinski definition) is 6. The van der Waals surface area contributed by atoms with Gasteiger partial charge in [0.25, 0.3) is 0 Å². The predicted octanol–water partition coefficient (Wildman–Crippen LogP) is 7.97. The number of nitrogens with one attached hydrogen (secondary N) is 2. The van der Waals surface area contributed by atoms with E-state index in [1.165, 1.54) is 19.3 Å². The number of rotatable bonds is 12. The number of carbonyl (C=O) groups excluding carboxylic acids is 1. The molecule has 8 nitrogen and oxygen atoms in total. The Balaban J connectivity index is 0.950. The van der Waals surface area contributed by atoms with E-state index in [1.807, 2.05) is 36.5 Å². The Morgan fingerprint density at radius 2 is 1.55 bits per heavy atom. The van der Waals surface area contributed by atoms with Crippen molar-refractivity contribution < 1.29 is 19.4 Å². The summed E-state index contributed by atoms with van der Waals surface area (Å²) >= 11 is 0. The smallest absolute Gasteiger partial charge is 0.315 e. The first-order valence-corrected chi connectivity index (χ1v) is 19.7. The van der Waals surface area contributed by atoms with Crippen molar-refractivity contribution >= 4 is 6.03 Å². The summed E-state index contributed by atoms with van der Waals surface area (Å²) < 4.78 is 13.5. The maximum Gasteiger partial charge on any atom is 0.315 e. The minimum Gasteiger partial charge on any atom is -0.392 e. The Labute approximate surface area is 314 Å². The van der Waals surface area contributed by atoms with Crippen LogP contribution in [-0.2, 0) is 29.0 Å². The first-order chi connectivity index (χ1) is 25.8. The summed E-state index contributed by atoms with van der Waals surface area (Å²) in [6.45, 7) is 4.31. The second-order valence-electron chi connectivity index (χ2n) is 16.4. The zero-order valence-electron chi connectivity index (χ0n) is 31.1. The van der Waals surface area contributed by atoms with Gasteiger partial charge in [0, 0.05) is 55.0 Å². The summed E-state index contributed by atoms with van der Waals surface area (Å²) in [5.41, 5.74) is 7.26. The molecule has 8 heteroatoms. The Kier molecular flexibility index (Phi) is 10.7. The Bertz CT molecular complexity index is 1800. The molecule has 1 aromatic heterocycles. The number of carbonyl (C=O) groups is 1. The third-order valence-electron chi connectivity index (χ3n) is 12.5. The van der Waals surface area contributed by atoms with E-state index in [0.717, 1.165) is 95.6 Å². The highest BCUT2D eigenvalue weighted by Crippen LogP contribution is 2.55. The third-order valence-corrected chi connectivity index (χ3v) is 12.5. The normalized spacial score (nSPS) is 28.9. The summed E-state index contributed by atoms with van der Waals surface area (Å²) in [5.74, 6) is 2.47. The fourth-order valence-electron chi connectivity index (χ4n) is 10.1. The number of likely N-dealkylation sites (N-methyl/N-ethyl adjacent to an activating group) is 1. The van der Waals surface area contributed by atoms with E-state index in [2.05, 4.69) is 95.2 Å². The lowest BCUT2D eigenvalue weighted by Crippen LogP contribution is -2.61. The number of benzene rings is 3. The van der Waals surface area contributed by atoms with Gasteiger partial charge in [-0.3, -0.25) is 4.98 Å². The van der Waals surface area contributed by atoms with Gasteiger partial charge in [-0.1, -0.05) is 85.8 Å². The lowest BCUT2D eigenvalue weighted by atomic mass is 9.53. The standard InChI is InChI=1S/C45H54N4O4/c1-30-41(28-49(2)20-18-39-8-5-6-19-46-39)52-43(53-42(30)36-12-10-31(29-50)11-13-36)37-16-14-35(15-17-37)40-9-4-3-7-38(40)27-47-44(51)48-45-24-32-21-33(25-45)23-34(22-32)26-45/h3-17,19,30,32-34,41-43,50H,18,20-29H2,1-2H3,(H2,47,48,51)/t30-,32?,33?,34?,41+,42+,43+,45?/m1/s1. The monoisotopic (exact) mass is 714 g/mol. The number of urea groups is 1. The van der Waals surface area contributed by atoms with Gasteiger partial charge in [-0.25, -0.2) is 4.79 Å². The van der Waals surface area contributed by atoms with E-state index in [1.54, 1.807) is 0 Å². The van der Waals surface area contributed by atoms with E-state index >= 15 is 0 Å². The van der Waals surface area contributed by atoms with Crippen LogP contribution in [0.15, 0.2) is 97.2 Å². The van der Waals surface area contributed by atoms with Crippen LogP contribution in [0.2, 0.25) is 0 Å². The number of aromatic nitrogens is 1. The van der Waals surface area contributed by atoms with Gasteiger partial charge in [0.05, 0.1) is 18.8 Å². The number of amides is 2. The highest BCUT2D eigenvalue weighted by Gasteiger charge is 2.51. The van der Waals surface area contributed by atoms with Crippen LogP contribution < -0.4 is 10.6 Å². The fourth-order valence-corrected chi connectivity index (χ4v) is 10.1. The van der Waals surface area contributed by atoms with Crippen LogP contribution in [-0.4, -0.2) is 52.8 Å². The van der Waals surface area contributed by atoms with Crippen molar-refractivity contribution in [1.29, 1.82) is 0 Å². The van der Waals surface area contributed by atoms with Crippen molar-refractivity contribution in [3.63, 3.8) is 0 Å². The number of aliphatic hydroxyl groups excluding tert-OH is 1. The molecule has 4 saturated carbocycles. The quantitative estimate of drug-likeness (QED) is 0.138. The van der Waals surface area contributed by atoms with Crippen LogP contribution in [0.25, 0.3) is 11.1 Å². The average Bonchev–Trinajstić information content (AvgIpc) is 3.17. The maximum atomic E-state index is 13.3. The molecule has 4 atom stereocenters. The Morgan fingerprint density at radius 1 is 0.868 bits per heavy atom. The molecular formula is C45H54N4O4. The molecule has 3 aromatic carbocycles. The maximum absolute atomic E-state index is 13.3. The minimum absolute atomic E-state index is 0.00874. The van der Waals surface area contributed by atoms with Crippen molar-refractivity contribution in [2.24, 2.45) is 23.7 Å². The van der Waals surface area contributed by atoms with Crippen molar-refractivity contribution in [3.05, 3.63) is 125 Å². The molecule has 0 spiro atoms. The predicted molar refractivity (Wildman–Crippen MR) is 207 cm³/mol. The molecule has 1 saturated heterocycles. The van der Waals surface area contributed by atoms with Gasteiger partial charge >= 0.3 is 6.03 Å². The molecule has 0 radical (unpaired) electrons. The molecule has 2 heterocycles. The first kappa shape index (κ1) is 35.9. The molecule has 278 valence electrons. The topological polar surface area (TPSA) is 96.0 Å². The van der Waals surface area contributed by atoms with Crippen molar-refractivity contribution in [3.8, 4) is 11.1 Å². The lowest BCUT2D eigenvalue weighted by molar-refractivity contribution is -0.275. The molecule has 1 aliphatic heterocycles. The Morgan fingerprint density at radius 3 is 2.23 bits per heavy atom. The van der Waals surface area contributed by atoms with Crippen LogP contribution in [0, 0.1) is 23.7 Å². The van der Waals surface area contributed by atoms with Gasteiger partial charge in [-0.2, -0.15) is 0 Å². The van der Waals surface area contributed by atoms with Gasteiger partial charge in [0.15, 0.2) is 6.29 Å². The summed E-state index contributed by atoms with van der Waals surface area (Å²) in [7, 11) is 2.14. The molecule has 4 bridgehead atoms. The zero-order chi connectivity index (χ0) is 36.4. The highest BCUT2D eigenvalue weighted by atomic mass is 16.7. The fraction of sp³-hybridized carbons (Fsp3) is 0.467. The molecular weight excluding hydrogens is 661 g/mol. The number of nitrogens with zero attached hydrogens (tertiary/aromatic N) is 2. The van der Waals surface area contributed by atoms with Crippen molar-refractivity contribution in [1.82, 2.24) is 20.5 Å².